The number of amides is 1. The number of nitrogens with zero attached hydrogens (tertiary/aromatic N) is 1. The Balaban J connectivity index is 1.68. The van der Waals surface area contributed by atoms with Crippen molar-refractivity contribution in [1.29, 1.82) is 0 Å². The van der Waals surface area contributed by atoms with Gasteiger partial charge in [0.05, 0.1) is 5.75 Å². The van der Waals surface area contributed by atoms with Gasteiger partial charge < -0.3 is 5.32 Å². The average Bonchev–Trinajstić information content (AvgIpc) is 3.13. The molecule has 7 heteroatoms. The van der Waals surface area contributed by atoms with Gasteiger partial charge in [0, 0.05) is 33.6 Å². The normalized spacial score (nSPS) is 13.1. The van der Waals surface area contributed by atoms with Crippen molar-refractivity contribution in [1.82, 2.24) is 10.3 Å². The Bertz CT molecular complexity index is 942. The third kappa shape index (κ3) is 6.48. The number of rotatable bonds is 8. The summed E-state index contributed by atoms with van der Waals surface area (Å²) in [5.41, 5.74) is 3.30. The fourth-order valence-corrected chi connectivity index (χ4v) is 5.02. The summed E-state index contributed by atoms with van der Waals surface area (Å²) < 4.78 is 0.918. The number of carbonyl (C=O) groups is 1. The molecule has 0 aliphatic heterocycles. The first kappa shape index (κ1) is 22.2. The molecule has 1 amide bonds. The summed E-state index contributed by atoms with van der Waals surface area (Å²) in [6.45, 7) is 4.67. The molecule has 1 aromatic heterocycles. The topological polar surface area (TPSA) is 42.0 Å². The van der Waals surface area contributed by atoms with Crippen LogP contribution in [-0.4, -0.2) is 23.2 Å². The van der Waals surface area contributed by atoms with Crippen LogP contribution in [0.3, 0.4) is 0 Å². The molecule has 0 spiro atoms. The number of carbonyl (C=O) groups excluding carboxylic acids is 1. The molecule has 29 heavy (non-hydrogen) atoms. The number of nitrogens with one attached hydrogen (secondary N) is 1. The van der Waals surface area contributed by atoms with E-state index in [1.54, 1.807) is 11.3 Å². The minimum atomic E-state index is 0.00474. The number of aromatic nitrogens is 1. The minimum absolute atomic E-state index is 0.00474. The Hall–Kier alpha value is -1.53. The lowest BCUT2D eigenvalue weighted by atomic mass is 9.82. The SMILES string of the molecule is Cc1csc(SCC(=O)NCC(c2ccc(Cl)cc2)C(C)c2ccc(Cl)cc2)n1. The van der Waals surface area contributed by atoms with Crippen LogP contribution in [0.25, 0.3) is 0 Å². The Morgan fingerprint density at radius 2 is 1.66 bits per heavy atom. The van der Waals surface area contributed by atoms with E-state index >= 15 is 0 Å². The summed E-state index contributed by atoms with van der Waals surface area (Å²) >= 11 is 15.1. The quantitative estimate of drug-likeness (QED) is 0.384. The monoisotopic (exact) mass is 464 g/mol. The fraction of sp³-hybridized carbons (Fsp3) is 0.273. The highest BCUT2D eigenvalue weighted by atomic mass is 35.5. The first-order chi connectivity index (χ1) is 13.9. The summed E-state index contributed by atoms with van der Waals surface area (Å²) in [5.74, 6) is 0.674. The highest BCUT2D eigenvalue weighted by molar-refractivity contribution is 8.01. The molecule has 0 saturated heterocycles. The van der Waals surface area contributed by atoms with Gasteiger partial charge in [-0.15, -0.1) is 11.3 Å². The number of thioether (sulfide) groups is 1. The average molecular weight is 465 g/mol. The molecule has 1 N–H and O–H groups in total. The van der Waals surface area contributed by atoms with Crippen molar-refractivity contribution in [3.8, 4) is 0 Å². The van der Waals surface area contributed by atoms with Gasteiger partial charge in [-0.25, -0.2) is 4.98 Å². The second kappa shape index (κ2) is 10.5. The molecule has 0 fully saturated rings. The van der Waals surface area contributed by atoms with Gasteiger partial charge in [-0.05, 0) is 48.2 Å². The third-order valence-corrected chi connectivity index (χ3v) is 7.38. The second-order valence-electron chi connectivity index (χ2n) is 6.85. The Morgan fingerprint density at radius 1 is 1.07 bits per heavy atom. The zero-order valence-corrected chi connectivity index (χ0v) is 19.3. The van der Waals surface area contributed by atoms with Crippen LogP contribution < -0.4 is 5.32 Å². The van der Waals surface area contributed by atoms with Gasteiger partial charge in [-0.1, -0.05) is 66.2 Å². The summed E-state index contributed by atoms with van der Waals surface area (Å²) in [5, 5.41) is 6.50. The van der Waals surface area contributed by atoms with Crippen LogP contribution in [0.5, 0.6) is 0 Å². The van der Waals surface area contributed by atoms with Gasteiger partial charge >= 0.3 is 0 Å². The number of hydrogen-bond donors (Lipinski definition) is 1. The van der Waals surface area contributed by atoms with Crippen molar-refractivity contribution in [2.24, 2.45) is 0 Å². The summed E-state index contributed by atoms with van der Waals surface area (Å²) in [4.78, 5) is 16.8. The molecule has 3 rings (SSSR count). The van der Waals surface area contributed by atoms with Crippen molar-refractivity contribution in [2.45, 2.75) is 30.0 Å². The van der Waals surface area contributed by atoms with Gasteiger partial charge in [0.1, 0.15) is 0 Å². The zero-order valence-electron chi connectivity index (χ0n) is 16.2. The summed E-state index contributed by atoms with van der Waals surface area (Å²) in [7, 11) is 0. The van der Waals surface area contributed by atoms with Gasteiger partial charge in [0.15, 0.2) is 4.34 Å². The number of hydrogen-bond acceptors (Lipinski definition) is 4. The molecular formula is C22H22Cl2N2OS2. The minimum Gasteiger partial charge on any atom is -0.355 e. The lowest BCUT2D eigenvalue weighted by molar-refractivity contribution is -0.118. The Kier molecular flexibility index (Phi) is 8.01. The van der Waals surface area contributed by atoms with Crippen molar-refractivity contribution in [2.75, 3.05) is 12.3 Å². The summed E-state index contributed by atoms with van der Waals surface area (Å²) in [6, 6.07) is 15.7. The molecule has 152 valence electrons. The van der Waals surface area contributed by atoms with Gasteiger partial charge in [-0.3, -0.25) is 4.79 Å². The predicted octanol–water partition coefficient (Wildman–Crippen LogP) is 6.55. The highest BCUT2D eigenvalue weighted by Gasteiger charge is 2.22. The van der Waals surface area contributed by atoms with E-state index in [9.17, 15) is 4.79 Å². The maximum atomic E-state index is 12.4. The van der Waals surface area contributed by atoms with Gasteiger partial charge in [0.25, 0.3) is 0 Å². The molecule has 0 saturated carbocycles. The van der Waals surface area contributed by atoms with E-state index in [2.05, 4.69) is 17.2 Å². The number of halogens is 2. The molecule has 1 heterocycles. The molecular weight excluding hydrogens is 443 g/mol. The molecule has 0 aliphatic rings. The zero-order chi connectivity index (χ0) is 20.8. The van der Waals surface area contributed by atoms with Gasteiger partial charge in [0.2, 0.25) is 5.91 Å². The lowest BCUT2D eigenvalue weighted by Gasteiger charge is -2.25. The molecule has 3 nitrogen and oxygen atoms in total. The van der Waals surface area contributed by atoms with Crippen LogP contribution in [0.4, 0.5) is 0 Å². The van der Waals surface area contributed by atoms with E-state index in [1.807, 2.05) is 60.8 Å². The van der Waals surface area contributed by atoms with Crippen LogP contribution in [0.2, 0.25) is 10.0 Å². The first-order valence-corrected chi connectivity index (χ1v) is 11.9. The second-order valence-corrected chi connectivity index (χ2v) is 9.80. The van der Waals surface area contributed by atoms with Crippen LogP contribution >= 0.6 is 46.3 Å². The lowest BCUT2D eigenvalue weighted by Crippen LogP contribution is -2.31. The molecule has 2 atom stereocenters. The largest absolute Gasteiger partial charge is 0.355 e. The Labute approximate surface area is 189 Å². The Morgan fingerprint density at radius 3 is 2.21 bits per heavy atom. The van der Waals surface area contributed by atoms with Crippen molar-refractivity contribution >= 4 is 52.2 Å². The van der Waals surface area contributed by atoms with Crippen LogP contribution in [0.15, 0.2) is 58.3 Å². The fourth-order valence-electron chi connectivity index (χ4n) is 3.09. The van der Waals surface area contributed by atoms with E-state index in [1.165, 1.54) is 17.3 Å². The number of thiazole rings is 1. The van der Waals surface area contributed by atoms with Crippen LogP contribution in [0, 0.1) is 6.92 Å². The molecule has 0 bridgehead atoms. The van der Waals surface area contributed by atoms with E-state index < -0.39 is 0 Å². The van der Waals surface area contributed by atoms with E-state index in [-0.39, 0.29) is 17.7 Å². The molecule has 0 aliphatic carbocycles. The van der Waals surface area contributed by atoms with Crippen LogP contribution in [-0.2, 0) is 4.79 Å². The number of aryl methyl sites for hydroxylation is 1. The first-order valence-electron chi connectivity index (χ1n) is 9.25. The molecule has 2 unspecified atom stereocenters. The summed E-state index contributed by atoms with van der Waals surface area (Å²) in [6.07, 6.45) is 0. The third-order valence-electron chi connectivity index (χ3n) is 4.74. The van der Waals surface area contributed by atoms with Gasteiger partial charge in [-0.2, -0.15) is 0 Å². The molecule has 0 radical (unpaired) electrons. The molecule has 2 aromatic carbocycles. The molecule has 3 aromatic rings. The van der Waals surface area contributed by atoms with E-state index in [0.29, 0.717) is 22.3 Å². The van der Waals surface area contributed by atoms with Crippen molar-refractivity contribution < 1.29 is 4.79 Å². The van der Waals surface area contributed by atoms with Crippen molar-refractivity contribution in [3.63, 3.8) is 0 Å². The highest BCUT2D eigenvalue weighted by Crippen LogP contribution is 2.33. The van der Waals surface area contributed by atoms with Crippen molar-refractivity contribution in [3.05, 3.63) is 80.8 Å². The predicted molar refractivity (Wildman–Crippen MR) is 125 cm³/mol. The number of benzene rings is 2. The van der Waals surface area contributed by atoms with E-state index in [4.69, 9.17) is 23.2 Å². The maximum Gasteiger partial charge on any atom is 0.230 e. The maximum absolute atomic E-state index is 12.4. The standard InChI is InChI=1S/C22H22Cl2N2OS2/c1-14-12-28-22(26-14)29-13-21(27)25-11-20(17-5-9-19(24)10-6-17)15(2)16-3-7-18(23)8-4-16/h3-10,12,15,20H,11,13H2,1-2H3,(H,25,27). The van der Waals surface area contributed by atoms with E-state index in [0.717, 1.165) is 15.6 Å². The van der Waals surface area contributed by atoms with Crippen LogP contribution in [0.1, 0.15) is 35.6 Å². The smallest absolute Gasteiger partial charge is 0.230 e.